The Labute approximate surface area is 90.6 Å². The summed E-state index contributed by atoms with van der Waals surface area (Å²) < 4.78 is 1.78. The van der Waals surface area contributed by atoms with E-state index in [1.54, 1.807) is 23.2 Å². The second-order valence-electron chi connectivity index (χ2n) is 2.96. The van der Waals surface area contributed by atoms with Crippen LogP contribution in [0, 0.1) is 0 Å². The van der Waals surface area contributed by atoms with Gasteiger partial charge in [0.15, 0.2) is 0 Å². The fraction of sp³-hybridized carbons (Fsp3) is 0.222. The maximum Gasteiger partial charge on any atom is 0.131 e. The molecular formula is C9H9ClN2OS. The van der Waals surface area contributed by atoms with E-state index in [4.69, 9.17) is 11.6 Å². The Hall–Kier alpha value is -0.840. The Morgan fingerprint density at radius 1 is 1.64 bits per heavy atom. The van der Waals surface area contributed by atoms with Gasteiger partial charge >= 0.3 is 0 Å². The predicted molar refractivity (Wildman–Crippen MR) is 56.6 cm³/mol. The van der Waals surface area contributed by atoms with Crippen LogP contribution in [0.15, 0.2) is 24.0 Å². The van der Waals surface area contributed by atoms with Crippen molar-refractivity contribution in [3.63, 3.8) is 0 Å². The van der Waals surface area contributed by atoms with Gasteiger partial charge in [-0.1, -0.05) is 11.6 Å². The molecule has 0 saturated heterocycles. The van der Waals surface area contributed by atoms with Crippen molar-refractivity contribution < 1.29 is 5.11 Å². The number of thiophene rings is 1. The van der Waals surface area contributed by atoms with Crippen LogP contribution in [0.4, 0.5) is 0 Å². The average Bonchev–Trinajstić information content (AvgIpc) is 2.73. The Kier molecular flexibility index (Phi) is 2.58. The monoisotopic (exact) mass is 228 g/mol. The Morgan fingerprint density at radius 2 is 2.43 bits per heavy atom. The highest BCUT2D eigenvalue weighted by Crippen LogP contribution is 2.32. The van der Waals surface area contributed by atoms with Gasteiger partial charge < -0.3 is 9.67 Å². The molecule has 5 heteroatoms. The molecule has 14 heavy (non-hydrogen) atoms. The molecule has 3 nitrogen and oxygen atoms in total. The number of aromatic nitrogens is 2. The summed E-state index contributed by atoms with van der Waals surface area (Å²) in [7, 11) is 1.84. The third kappa shape index (κ3) is 1.56. The Morgan fingerprint density at radius 3 is 2.93 bits per heavy atom. The lowest BCUT2D eigenvalue weighted by Gasteiger charge is -2.09. The first-order valence-corrected chi connectivity index (χ1v) is 5.33. The quantitative estimate of drug-likeness (QED) is 0.856. The standard InChI is InChI=1S/C9H9ClN2OS/c1-12-5-11-4-7(12)8(13)9-6(10)2-3-14-9/h2-5,8,13H,1H3. The molecule has 0 fully saturated rings. The molecule has 74 valence electrons. The summed E-state index contributed by atoms with van der Waals surface area (Å²) in [4.78, 5) is 4.71. The maximum atomic E-state index is 10.00. The number of aliphatic hydroxyl groups excluding tert-OH is 1. The number of imidazole rings is 1. The predicted octanol–water partition coefficient (Wildman–Crippen LogP) is 2.22. The van der Waals surface area contributed by atoms with Crippen LogP contribution in [0.25, 0.3) is 0 Å². The lowest BCUT2D eigenvalue weighted by Crippen LogP contribution is -2.03. The van der Waals surface area contributed by atoms with Gasteiger partial charge in [0.1, 0.15) is 6.10 Å². The van der Waals surface area contributed by atoms with Crippen molar-refractivity contribution in [2.24, 2.45) is 7.05 Å². The SMILES string of the molecule is Cn1cncc1C(O)c1sccc1Cl. The van der Waals surface area contributed by atoms with Gasteiger partial charge in [0.2, 0.25) is 0 Å². The van der Waals surface area contributed by atoms with Crippen molar-refractivity contribution in [1.82, 2.24) is 9.55 Å². The van der Waals surface area contributed by atoms with Crippen LogP contribution in [-0.4, -0.2) is 14.7 Å². The first kappa shape index (κ1) is 9.71. The molecule has 0 aliphatic heterocycles. The molecule has 1 unspecified atom stereocenters. The lowest BCUT2D eigenvalue weighted by atomic mass is 10.2. The molecule has 0 aliphatic rings. The van der Waals surface area contributed by atoms with Crippen LogP contribution < -0.4 is 0 Å². The Balaban J connectivity index is 2.38. The summed E-state index contributed by atoms with van der Waals surface area (Å²) in [6, 6.07) is 1.78. The van der Waals surface area contributed by atoms with Gasteiger partial charge in [-0.3, -0.25) is 0 Å². The van der Waals surface area contributed by atoms with Crippen LogP contribution in [0.5, 0.6) is 0 Å². The van der Waals surface area contributed by atoms with Gasteiger partial charge in [0.05, 0.1) is 28.1 Å². The van der Waals surface area contributed by atoms with Crippen LogP contribution >= 0.6 is 22.9 Å². The molecule has 0 amide bonds. The lowest BCUT2D eigenvalue weighted by molar-refractivity contribution is 0.215. The molecule has 2 rings (SSSR count). The molecule has 2 heterocycles. The first-order valence-electron chi connectivity index (χ1n) is 4.07. The van der Waals surface area contributed by atoms with Crippen LogP contribution in [0.2, 0.25) is 5.02 Å². The topological polar surface area (TPSA) is 38.0 Å². The van der Waals surface area contributed by atoms with Crippen LogP contribution in [0.1, 0.15) is 16.7 Å². The number of nitrogens with zero attached hydrogens (tertiary/aromatic N) is 2. The van der Waals surface area contributed by atoms with Crippen molar-refractivity contribution in [2.75, 3.05) is 0 Å². The number of rotatable bonds is 2. The molecule has 1 atom stereocenters. The minimum atomic E-state index is -0.685. The summed E-state index contributed by atoms with van der Waals surface area (Å²) in [6.07, 6.45) is 2.61. The first-order chi connectivity index (χ1) is 6.70. The van der Waals surface area contributed by atoms with E-state index in [1.807, 2.05) is 12.4 Å². The van der Waals surface area contributed by atoms with E-state index in [1.165, 1.54) is 11.3 Å². The van der Waals surface area contributed by atoms with Gasteiger partial charge in [-0.25, -0.2) is 4.98 Å². The summed E-state index contributed by atoms with van der Waals surface area (Å²) in [5.74, 6) is 0. The van der Waals surface area contributed by atoms with Gasteiger partial charge in [-0.05, 0) is 11.4 Å². The third-order valence-corrected chi connectivity index (χ3v) is 3.44. The molecule has 2 aromatic heterocycles. The summed E-state index contributed by atoms with van der Waals surface area (Å²) in [5, 5.41) is 12.5. The van der Waals surface area contributed by atoms with Gasteiger partial charge in [-0.2, -0.15) is 0 Å². The number of hydrogen-bond acceptors (Lipinski definition) is 3. The highest BCUT2D eigenvalue weighted by atomic mass is 35.5. The summed E-state index contributed by atoms with van der Waals surface area (Å²) in [5.41, 5.74) is 0.745. The van der Waals surface area contributed by atoms with Gasteiger partial charge in [0, 0.05) is 7.05 Å². The zero-order chi connectivity index (χ0) is 10.1. The number of aryl methyl sites for hydroxylation is 1. The number of aliphatic hydroxyl groups is 1. The zero-order valence-electron chi connectivity index (χ0n) is 7.51. The molecule has 0 radical (unpaired) electrons. The van der Waals surface area contributed by atoms with Crippen molar-refractivity contribution in [3.8, 4) is 0 Å². The molecule has 0 aliphatic carbocycles. The van der Waals surface area contributed by atoms with E-state index in [-0.39, 0.29) is 0 Å². The van der Waals surface area contributed by atoms with Crippen LogP contribution in [-0.2, 0) is 7.05 Å². The fourth-order valence-corrected chi connectivity index (χ4v) is 2.42. The van der Waals surface area contributed by atoms with Gasteiger partial charge in [-0.15, -0.1) is 11.3 Å². The summed E-state index contributed by atoms with van der Waals surface area (Å²) >= 11 is 7.37. The minimum Gasteiger partial charge on any atom is -0.381 e. The van der Waals surface area contributed by atoms with E-state index in [0.29, 0.717) is 5.02 Å². The summed E-state index contributed by atoms with van der Waals surface area (Å²) in [6.45, 7) is 0. The van der Waals surface area contributed by atoms with Crippen LogP contribution in [0.3, 0.4) is 0 Å². The number of hydrogen-bond donors (Lipinski definition) is 1. The van der Waals surface area contributed by atoms with E-state index >= 15 is 0 Å². The fourth-order valence-electron chi connectivity index (χ4n) is 1.27. The molecule has 0 bridgehead atoms. The van der Waals surface area contributed by atoms with E-state index in [9.17, 15) is 5.11 Å². The van der Waals surface area contributed by atoms with E-state index in [2.05, 4.69) is 4.98 Å². The second-order valence-corrected chi connectivity index (χ2v) is 4.32. The largest absolute Gasteiger partial charge is 0.381 e. The normalized spacial score (nSPS) is 13.1. The highest BCUT2D eigenvalue weighted by Gasteiger charge is 2.17. The van der Waals surface area contributed by atoms with Crippen molar-refractivity contribution >= 4 is 22.9 Å². The number of halogens is 1. The van der Waals surface area contributed by atoms with Crippen molar-refractivity contribution in [2.45, 2.75) is 6.10 Å². The second kappa shape index (κ2) is 3.73. The zero-order valence-corrected chi connectivity index (χ0v) is 9.09. The molecule has 1 N–H and O–H groups in total. The molecule has 2 aromatic rings. The average molecular weight is 229 g/mol. The van der Waals surface area contributed by atoms with Crippen molar-refractivity contribution in [3.05, 3.63) is 39.6 Å². The van der Waals surface area contributed by atoms with E-state index in [0.717, 1.165) is 10.6 Å². The molecule has 0 aromatic carbocycles. The molecule has 0 spiro atoms. The third-order valence-electron chi connectivity index (χ3n) is 2.03. The highest BCUT2D eigenvalue weighted by molar-refractivity contribution is 7.10. The van der Waals surface area contributed by atoms with Crippen molar-refractivity contribution in [1.29, 1.82) is 0 Å². The molecule has 0 saturated carbocycles. The van der Waals surface area contributed by atoms with E-state index < -0.39 is 6.10 Å². The maximum absolute atomic E-state index is 10.00. The van der Waals surface area contributed by atoms with Gasteiger partial charge in [0.25, 0.3) is 0 Å². The molecular weight excluding hydrogens is 220 g/mol. The Bertz CT molecular complexity index is 397. The minimum absolute atomic E-state index is 0.601. The smallest absolute Gasteiger partial charge is 0.131 e.